The van der Waals surface area contributed by atoms with Crippen LogP contribution in [0.2, 0.25) is 0 Å². The zero-order valence-corrected chi connectivity index (χ0v) is 20.3. The first kappa shape index (κ1) is 24.2. The van der Waals surface area contributed by atoms with Gasteiger partial charge < -0.3 is 19.8 Å². The molecule has 1 aliphatic heterocycles. The van der Waals surface area contributed by atoms with E-state index in [0.29, 0.717) is 19.3 Å². The molecule has 1 aliphatic rings. The van der Waals surface area contributed by atoms with Crippen molar-refractivity contribution in [2.75, 3.05) is 39.3 Å². The molecular weight excluding hydrogens is 499 g/mol. The number of hydrogen-bond donors (Lipinski definition) is 2. The smallest absolute Gasteiger partial charge is 0.191 e. The van der Waals surface area contributed by atoms with Gasteiger partial charge in [-0.25, -0.2) is 0 Å². The molecule has 1 fully saturated rings. The molecular formula is C21H33IN4O2S. The van der Waals surface area contributed by atoms with Gasteiger partial charge >= 0.3 is 0 Å². The molecule has 1 unspecified atom stereocenters. The fourth-order valence-corrected chi connectivity index (χ4v) is 4.24. The summed E-state index contributed by atoms with van der Waals surface area (Å²) in [7, 11) is 0. The minimum absolute atomic E-state index is 0. The molecule has 8 heteroatoms. The van der Waals surface area contributed by atoms with Crippen LogP contribution in [0.15, 0.2) is 45.3 Å². The van der Waals surface area contributed by atoms with E-state index >= 15 is 0 Å². The summed E-state index contributed by atoms with van der Waals surface area (Å²) in [5.41, 5.74) is 0. The lowest BCUT2D eigenvalue weighted by Crippen LogP contribution is -2.39. The van der Waals surface area contributed by atoms with Gasteiger partial charge in [0, 0.05) is 24.6 Å². The van der Waals surface area contributed by atoms with Gasteiger partial charge in [0.2, 0.25) is 0 Å². The van der Waals surface area contributed by atoms with Gasteiger partial charge in [-0.2, -0.15) is 0 Å². The van der Waals surface area contributed by atoms with Crippen molar-refractivity contribution in [2.45, 2.75) is 38.8 Å². The fourth-order valence-electron chi connectivity index (χ4n) is 3.39. The summed E-state index contributed by atoms with van der Waals surface area (Å²) in [4.78, 5) is 8.86. The van der Waals surface area contributed by atoms with Gasteiger partial charge in [-0.1, -0.05) is 6.07 Å². The molecule has 3 rings (SSSR count). The lowest BCUT2D eigenvalue weighted by Gasteiger charge is -2.25. The number of ether oxygens (including phenoxy) is 1. The number of furan rings is 1. The van der Waals surface area contributed by atoms with Gasteiger partial charge in [0.15, 0.2) is 5.96 Å². The number of aliphatic imine (C=N–C) groups is 1. The van der Waals surface area contributed by atoms with Crippen LogP contribution in [0.4, 0.5) is 0 Å². The van der Waals surface area contributed by atoms with Crippen LogP contribution in [0.3, 0.4) is 0 Å². The Balaban J connectivity index is 0.00000300. The monoisotopic (exact) mass is 532 g/mol. The highest BCUT2D eigenvalue weighted by Crippen LogP contribution is 2.28. The number of halogens is 1. The van der Waals surface area contributed by atoms with Gasteiger partial charge in [0.1, 0.15) is 12.4 Å². The molecule has 2 aromatic heterocycles. The van der Waals surface area contributed by atoms with E-state index in [1.54, 1.807) is 6.26 Å². The van der Waals surface area contributed by atoms with E-state index in [4.69, 9.17) is 14.1 Å². The molecule has 29 heavy (non-hydrogen) atoms. The van der Waals surface area contributed by atoms with Crippen molar-refractivity contribution in [2.24, 2.45) is 4.99 Å². The Morgan fingerprint density at radius 1 is 1.28 bits per heavy atom. The zero-order valence-electron chi connectivity index (χ0n) is 17.1. The molecule has 0 spiro atoms. The zero-order chi connectivity index (χ0) is 19.4. The summed E-state index contributed by atoms with van der Waals surface area (Å²) in [6.45, 7) is 8.14. The van der Waals surface area contributed by atoms with Crippen molar-refractivity contribution in [3.05, 3.63) is 46.5 Å². The summed E-state index contributed by atoms with van der Waals surface area (Å²) in [6, 6.07) is 8.57. The third-order valence-electron chi connectivity index (χ3n) is 4.80. The normalized spacial score (nSPS) is 15.8. The summed E-state index contributed by atoms with van der Waals surface area (Å²) < 4.78 is 10.9. The predicted molar refractivity (Wildman–Crippen MR) is 130 cm³/mol. The third kappa shape index (κ3) is 8.27. The van der Waals surface area contributed by atoms with E-state index in [9.17, 15) is 0 Å². The first-order valence-corrected chi connectivity index (χ1v) is 11.1. The second-order valence-electron chi connectivity index (χ2n) is 6.91. The number of thiophene rings is 1. The van der Waals surface area contributed by atoms with Gasteiger partial charge in [-0.15, -0.1) is 35.3 Å². The largest absolute Gasteiger partial charge is 0.467 e. The SMILES string of the molecule is CCNC(=NCC(c1cccs1)N1CCCC1)NCCCOCc1ccco1.I. The molecule has 162 valence electrons. The van der Waals surface area contributed by atoms with Crippen LogP contribution < -0.4 is 10.6 Å². The Kier molecular flexibility index (Phi) is 11.7. The lowest BCUT2D eigenvalue weighted by molar-refractivity contribution is 0.105. The molecule has 0 aliphatic carbocycles. The van der Waals surface area contributed by atoms with Crippen LogP contribution in [0.1, 0.15) is 42.9 Å². The van der Waals surface area contributed by atoms with E-state index in [1.165, 1.54) is 30.8 Å². The highest BCUT2D eigenvalue weighted by molar-refractivity contribution is 14.0. The van der Waals surface area contributed by atoms with Crippen LogP contribution >= 0.6 is 35.3 Å². The highest BCUT2D eigenvalue weighted by atomic mass is 127. The Morgan fingerprint density at radius 3 is 2.83 bits per heavy atom. The Morgan fingerprint density at radius 2 is 2.14 bits per heavy atom. The molecule has 0 amide bonds. The van der Waals surface area contributed by atoms with E-state index in [0.717, 1.165) is 37.8 Å². The summed E-state index contributed by atoms with van der Waals surface area (Å²) in [5.74, 6) is 1.75. The average Bonchev–Trinajstić information content (AvgIpc) is 3.48. The van der Waals surface area contributed by atoms with Crippen LogP contribution in [0.25, 0.3) is 0 Å². The number of nitrogens with zero attached hydrogens (tertiary/aromatic N) is 2. The Hall–Kier alpha value is -1.10. The molecule has 2 N–H and O–H groups in total. The van der Waals surface area contributed by atoms with Crippen LogP contribution in [-0.2, 0) is 11.3 Å². The Bertz CT molecular complexity index is 673. The summed E-state index contributed by atoms with van der Waals surface area (Å²) >= 11 is 1.83. The number of nitrogens with one attached hydrogen (secondary N) is 2. The average molecular weight is 532 g/mol. The molecule has 6 nitrogen and oxygen atoms in total. The summed E-state index contributed by atoms with van der Waals surface area (Å²) in [5, 5.41) is 8.94. The molecule has 0 saturated carbocycles. The maximum Gasteiger partial charge on any atom is 0.191 e. The van der Waals surface area contributed by atoms with E-state index < -0.39 is 0 Å². The first-order chi connectivity index (χ1) is 13.9. The van der Waals surface area contributed by atoms with Crippen molar-refractivity contribution in [1.29, 1.82) is 0 Å². The maximum atomic E-state index is 5.64. The van der Waals surface area contributed by atoms with Crippen molar-refractivity contribution < 1.29 is 9.15 Å². The summed E-state index contributed by atoms with van der Waals surface area (Å²) in [6.07, 6.45) is 5.18. The lowest BCUT2D eigenvalue weighted by atomic mass is 10.2. The highest BCUT2D eigenvalue weighted by Gasteiger charge is 2.24. The predicted octanol–water partition coefficient (Wildman–Crippen LogP) is 4.26. The minimum Gasteiger partial charge on any atom is -0.467 e. The Labute approximate surface area is 195 Å². The third-order valence-corrected chi connectivity index (χ3v) is 5.78. The molecule has 1 saturated heterocycles. The van der Waals surface area contributed by atoms with Crippen molar-refractivity contribution in [1.82, 2.24) is 15.5 Å². The standard InChI is InChI=1S/C21H32N4O2S.HI/c1-2-22-21(23-10-7-13-26-17-18-8-5-14-27-18)24-16-19(20-9-6-15-28-20)25-11-3-4-12-25;/h5-6,8-9,14-15,19H,2-4,7,10-13,16-17H2,1H3,(H2,22,23,24);1H. The van der Waals surface area contributed by atoms with Crippen molar-refractivity contribution >= 4 is 41.3 Å². The van der Waals surface area contributed by atoms with Crippen molar-refractivity contribution in [3.8, 4) is 0 Å². The number of likely N-dealkylation sites (tertiary alicyclic amines) is 1. The maximum absolute atomic E-state index is 5.64. The van der Waals surface area contributed by atoms with Crippen LogP contribution in [-0.4, -0.2) is 50.2 Å². The molecule has 2 aromatic rings. The number of rotatable bonds is 11. The molecule has 3 heterocycles. The van der Waals surface area contributed by atoms with Gasteiger partial charge in [-0.3, -0.25) is 9.89 Å². The van der Waals surface area contributed by atoms with Gasteiger partial charge in [0.25, 0.3) is 0 Å². The van der Waals surface area contributed by atoms with Crippen LogP contribution in [0.5, 0.6) is 0 Å². The molecule has 1 atom stereocenters. The van der Waals surface area contributed by atoms with E-state index in [-0.39, 0.29) is 24.0 Å². The van der Waals surface area contributed by atoms with Crippen molar-refractivity contribution in [3.63, 3.8) is 0 Å². The molecule has 0 aromatic carbocycles. The topological polar surface area (TPSA) is 62.0 Å². The number of guanidine groups is 1. The van der Waals surface area contributed by atoms with E-state index in [1.807, 2.05) is 23.5 Å². The minimum atomic E-state index is 0. The quantitative estimate of drug-likeness (QED) is 0.196. The molecule has 0 bridgehead atoms. The van der Waals surface area contributed by atoms with Gasteiger partial charge in [-0.05, 0) is 62.9 Å². The van der Waals surface area contributed by atoms with E-state index in [2.05, 4.69) is 40.0 Å². The second kappa shape index (κ2) is 14.0. The van der Waals surface area contributed by atoms with Gasteiger partial charge in [0.05, 0.1) is 18.8 Å². The molecule has 0 radical (unpaired) electrons. The fraction of sp³-hybridized carbons (Fsp3) is 0.571. The van der Waals surface area contributed by atoms with Crippen LogP contribution in [0, 0.1) is 0 Å². The first-order valence-electron chi connectivity index (χ1n) is 10.3. The second-order valence-corrected chi connectivity index (χ2v) is 7.89. The number of hydrogen-bond acceptors (Lipinski definition) is 5.